The van der Waals surface area contributed by atoms with E-state index in [1.165, 1.54) is 10.8 Å². The van der Waals surface area contributed by atoms with Gasteiger partial charge in [0.1, 0.15) is 0 Å². The van der Waals surface area contributed by atoms with Gasteiger partial charge < -0.3 is 4.57 Å². The standard InChI is InChI=1S/C12H16Br2N2O3/c1-8(3-5-13)4-6-15-7-10(16(18)19)9(2)11(14)12(15)17/h7-8H,3-6H2,1-2H3. The highest BCUT2D eigenvalue weighted by Crippen LogP contribution is 2.22. The Morgan fingerprint density at radius 2 is 2.11 bits per heavy atom. The summed E-state index contributed by atoms with van der Waals surface area (Å²) in [5, 5.41) is 11.9. The molecule has 5 nitrogen and oxygen atoms in total. The molecule has 0 N–H and O–H groups in total. The second-order valence-corrected chi connectivity index (χ2v) is 6.17. The van der Waals surface area contributed by atoms with Crippen molar-refractivity contribution in [1.29, 1.82) is 0 Å². The highest BCUT2D eigenvalue weighted by molar-refractivity contribution is 9.10. The van der Waals surface area contributed by atoms with Crippen LogP contribution in [-0.4, -0.2) is 14.8 Å². The summed E-state index contributed by atoms with van der Waals surface area (Å²) >= 11 is 6.52. The third-order valence-electron chi connectivity index (χ3n) is 3.10. The van der Waals surface area contributed by atoms with Crippen molar-refractivity contribution >= 4 is 37.5 Å². The number of alkyl halides is 1. The van der Waals surface area contributed by atoms with Crippen LogP contribution in [0.1, 0.15) is 25.3 Å². The lowest BCUT2D eigenvalue weighted by atomic mass is 10.1. The minimum Gasteiger partial charge on any atom is -0.308 e. The van der Waals surface area contributed by atoms with Crippen LogP contribution in [0.2, 0.25) is 0 Å². The predicted octanol–water partition coefficient (Wildman–Crippen LogP) is 3.64. The maximum atomic E-state index is 12.0. The normalized spacial score (nSPS) is 12.4. The maximum Gasteiger partial charge on any atom is 0.289 e. The molecule has 7 heteroatoms. The first-order chi connectivity index (χ1) is 8.88. The maximum absolute atomic E-state index is 12.0. The van der Waals surface area contributed by atoms with Crippen LogP contribution in [0.4, 0.5) is 5.69 Å². The summed E-state index contributed by atoms with van der Waals surface area (Å²) in [5.74, 6) is 0.463. The van der Waals surface area contributed by atoms with Crippen molar-refractivity contribution < 1.29 is 4.92 Å². The Labute approximate surface area is 128 Å². The Hall–Kier alpha value is -0.690. The van der Waals surface area contributed by atoms with Gasteiger partial charge in [-0.15, -0.1) is 0 Å². The molecule has 0 radical (unpaired) electrons. The van der Waals surface area contributed by atoms with E-state index in [1.54, 1.807) is 6.92 Å². The minimum absolute atomic E-state index is 0.0281. The molecule has 1 aromatic heterocycles. The van der Waals surface area contributed by atoms with Crippen molar-refractivity contribution in [3.63, 3.8) is 0 Å². The summed E-state index contributed by atoms with van der Waals surface area (Å²) in [4.78, 5) is 22.5. The van der Waals surface area contributed by atoms with E-state index in [4.69, 9.17) is 0 Å². The molecule has 0 bridgehead atoms. The Balaban J connectivity index is 3.02. The molecule has 1 unspecified atom stereocenters. The molecule has 19 heavy (non-hydrogen) atoms. The van der Waals surface area contributed by atoms with E-state index in [9.17, 15) is 14.9 Å². The van der Waals surface area contributed by atoms with Crippen LogP contribution >= 0.6 is 31.9 Å². The van der Waals surface area contributed by atoms with Gasteiger partial charge in [-0.05, 0) is 41.6 Å². The lowest BCUT2D eigenvalue weighted by Gasteiger charge is -2.12. The molecule has 0 amide bonds. The van der Waals surface area contributed by atoms with E-state index in [0.717, 1.165) is 18.2 Å². The van der Waals surface area contributed by atoms with Gasteiger partial charge in [0.25, 0.3) is 11.2 Å². The van der Waals surface area contributed by atoms with Crippen LogP contribution in [0.3, 0.4) is 0 Å². The smallest absolute Gasteiger partial charge is 0.289 e. The largest absolute Gasteiger partial charge is 0.308 e. The summed E-state index contributed by atoms with van der Waals surface area (Å²) in [5.41, 5.74) is 0.133. The molecule has 0 aliphatic rings. The van der Waals surface area contributed by atoms with Crippen LogP contribution in [0.5, 0.6) is 0 Å². The molecule has 1 rings (SSSR count). The van der Waals surface area contributed by atoms with Gasteiger partial charge in [-0.1, -0.05) is 22.9 Å². The lowest BCUT2D eigenvalue weighted by molar-refractivity contribution is -0.386. The summed E-state index contributed by atoms with van der Waals surface area (Å²) in [6, 6.07) is 0. The Morgan fingerprint density at radius 1 is 1.47 bits per heavy atom. The summed E-state index contributed by atoms with van der Waals surface area (Å²) in [6.07, 6.45) is 3.17. The van der Waals surface area contributed by atoms with Crippen LogP contribution in [0.25, 0.3) is 0 Å². The van der Waals surface area contributed by atoms with Gasteiger partial charge in [0.2, 0.25) is 0 Å². The molecule has 0 aromatic carbocycles. The van der Waals surface area contributed by atoms with Crippen molar-refractivity contribution in [3.8, 4) is 0 Å². The summed E-state index contributed by atoms with van der Waals surface area (Å²) in [6.45, 7) is 4.16. The average Bonchev–Trinajstić information content (AvgIpc) is 2.35. The molecule has 0 saturated heterocycles. The van der Waals surface area contributed by atoms with Crippen molar-refractivity contribution in [1.82, 2.24) is 4.57 Å². The number of hydrogen-bond donors (Lipinski definition) is 0. The molecule has 0 saturated carbocycles. The monoisotopic (exact) mass is 394 g/mol. The summed E-state index contributed by atoms with van der Waals surface area (Å²) in [7, 11) is 0. The first-order valence-corrected chi connectivity index (χ1v) is 7.89. The topological polar surface area (TPSA) is 65.1 Å². The molecule has 106 valence electrons. The van der Waals surface area contributed by atoms with E-state index in [-0.39, 0.29) is 15.7 Å². The average molecular weight is 396 g/mol. The van der Waals surface area contributed by atoms with E-state index < -0.39 is 4.92 Å². The molecular formula is C12H16Br2N2O3. The van der Waals surface area contributed by atoms with Gasteiger partial charge in [0.05, 0.1) is 15.6 Å². The molecule has 1 heterocycles. The number of rotatable bonds is 6. The fourth-order valence-electron chi connectivity index (χ4n) is 1.74. The van der Waals surface area contributed by atoms with E-state index >= 15 is 0 Å². The van der Waals surface area contributed by atoms with Crippen molar-refractivity contribution in [2.75, 3.05) is 5.33 Å². The number of aromatic nitrogens is 1. The number of aryl methyl sites for hydroxylation is 1. The molecule has 0 fully saturated rings. The molecular weight excluding hydrogens is 380 g/mol. The van der Waals surface area contributed by atoms with E-state index in [1.807, 2.05) is 0 Å². The number of halogens is 2. The van der Waals surface area contributed by atoms with Crippen molar-refractivity contribution in [2.45, 2.75) is 33.2 Å². The first kappa shape index (κ1) is 16.4. The Bertz CT molecular complexity index is 528. The third kappa shape index (κ3) is 4.14. The van der Waals surface area contributed by atoms with Crippen molar-refractivity contribution in [2.24, 2.45) is 5.92 Å². The molecule has 1 aromatic rings. The van der Waals surface area contributed by atoms with Gasteiger partial charge >= 0.3 is 0 Å². The fourth-order valence-corrected chi connectivity index (χ4v) is 2.95. The quantitative estimate of drug-likeness (QED) is 0.419. The Morgan fingerprint density at radius 3 is 2.63 bits per heavy atom. The zero-order valence-electron chi connectivity index (χ0n) is 10.9. The molecule has 0 spiro atoms. The molecule has 0 aliphatic carbocycles. The first-order valence-electron chi connectivity index (χ1n) is 5.98. The third-order valence-corrected chi connectivity index (χ3v) is 4.49. The highest BCUT2D eigenvalue weighted by atomic mass is 79.9. The molecule has 0 aliphatic heterocycles. The highest BCUT2D eigenvalue weighted by Gasteiger charge is 2.18. The predicted molar refractivity (Wildman–Crippen MR) is 82.0 cm³/mol. The zero-order chi connectivity index (χ0) is 14.6. The van der Waals surface area contributed by atoms with Gasteiger partial charge in [0, 0.05) is 17.4 Å². The zero-order valence-corrected chi connectivity index (χ0v) is 14.0. The molecule has 1 atom stereocenters. The number of nitrogens with zero attached hydrogens (tertiary/aromatic N) is 2. The summed E-state index contributed by atoms with van der Waals surface area (Å²) < 4.78 is 1.69. The van der Waals surface area contributed by atoms with Gasteiger partial charge in [-0.25, -0.2) is 0 Å². The second kappa shape index (κ2) is 7.19. The van der Waals surface area contributed by atoms with Gasteiger partial charge in [-0.3, -0.25) is 14.9 Å². The van der Waals surface area contributed by atoms with Crippen LogP contribution in [0.15, 0.2) is 15.5 Å². The SMILES string of the molecule is Cc1c([N+](=O)[O-])cn(CCC(C)CCBr)c(=O)c1Br. The van der Waals surface area contributed by atoms with Crippen LogP contribution in [-0.2, 0) is 6.54 Å². The van der Waals surface area contributed by atoms with Gasteiger partial charge in [-0.2, -0.15) is 0 Å². The van der Waals surface area contributed by atoms with E-state index in [0.29, 0.717) is 18.0 Å². The van der Waals surface area contributed by atoms with Crippen LogP contribution in [0, 0.1) is 23.0 Å². The van der Waals surface area contributed by atoms with Crippen LogP contribution < -0.4 is 5.56 Å². The van der Waals surface area contributed by atoms with Crippen molar-refractivity contribution in [3.05, 3.63) is 36.7 Å². The second-order valence-electron chi connectivity index (χ2n) is 4.58. The lowest BCUT2D eigenvalue weighted by Crippen LogP contribution is -2.23. The minimum atomic E-state index is -0.460. The fraction of sp³-hybridized carbons (Fsp3) is 0.583. The number of pyridine rings is 1. The number of nitro groups is 1. The van der Waals surface area contributed by atoms with E-state index in [2.05, 4.69) is 38.8 Å². The Kier molecular flexibility index (Phi) is 6.19. The number of hydrogen-bond acceptors (Lipinski definition) is 3. The van der Waals surface area contributed by atoms with Gasteiger partial charge in [0.15, 0.2) is 0 Å².